The van der Waals surface area contributed by atoms with Crippen LogP contribution in [-0.2, 0) is 20.0 Å². The number of aryl methyl sites for hydroxylation is 2. The Hall–Kier alpha value is -4.29. The zero-order chi connectivity index (χ0) is 33.0. The van der Waals surface area contributed by atoms with E-state index < -0.39 is 32.1 Å². The van der Waals surface area contributed by atoms with Crippen LogP contribution >= 0.6 is 0 Å². The lowest BCUT2D eigenvalue weighted by Gasteiger charge is -2.28. The summed E-state index contributed by atoms with van der Waals surface area (Å²) in [6.45, 7) is 5.18. The second-order valence-corrected chi connectivity index (χ2v) is 15.3. The normalized spacial score (nSPS) is 15.3. The lowest BCUT2D eigenvalue weighted by atomic mass is 10.0. The van der Waals surface area contributed by atoms with Gasteiger partial charge in [-0.2, -0.15) is 9.44 Å². The van der Waals surface area contributed by atoms with Gasteiger partial charge in [-0.1, -0.05) is 96.1 Å². The van der Waals surface area contributed by atoms with Crippen LogP contribution in [0.25, 0.3) is 0 Å². The number of hydrogen-bond donors (Lipinski definition) is 2. The van der Waals surface area contributed by atoms with Gasteiger partial charge in [0.25, 0.3) is 0 Å². The van der Waals surface area contributed by atoms with Gasteiger partial charge in [-0.15, -0.1) is 0 Å². The van der Waals surface area contributed by atoms with Gasteiger partial charge in [0.05, 0.1) is 15.8 Å². The van der Waals surface area contributed by atoms with E-state index in [1.165, 1.54) is 0 Å². The molecular weight excluding hydrogens is 633 g/mol. The van der Waals surface area contributed by atoms with Gasteiger partial charge in [0.15, 0.2) is 0 Å². The van der Waals surface area contributed by atoms with E-state index in [-0.39, 0.29) is 15.7 Å². The minimum atomic E-state index is -4.02. The Morgan fingerprint density at radius 3 is 1.55 bits per heavy atom. The van der Waals surface area contributed by atoms with Crippen LogP contribution in [0.4, 0.5) is 5.88 Å². The number of anilines is 1. The molecule has 244 valence electrons. The molecule has 0 aliphatic carbocycles. The molecule has 1 aliphatic heterocycles. The van der Waals surface area contributed by atoms with Crippen molar-refractivity contribution >= 4 is 25.9 Å². The van der Waals surface area contributed by atoms with Gasteiger partial charge in [0, 0.05) is 13.1 Å². The summed E-state index contributed by atoms with van der Waals surface area (Å²) in [6.07, 6.45) is 2.93. The molecule has 4 aromatic carbocycles. The third-order valence-electron chi connectivity index (χ3n) is 8.29. The molecule has 6 rings (SSSR count). The first kappa shape index (κ1) is 32.6. The van der Waals surface area contributed by atoms with E-state index in [2.05, 4.69) is 14.3 Å². The lowest BCUT2D eigenvalue weighted by Crippen LogP contribution is -2.33. The van der Waals surface area contributed by atoms with Gasteiger partial charge < -0.3 is 9.32 Å². The van der Waals surface area contributed by atoms with Gasteiger partial charge in [-0.3, -0.25) is 0 Å². The van der Waals surface area contributed by atoms with Crippen molar-refractivity contribution in [3.05, 3.63) is 143 Å². The van der Waals surface area contributed by atoms with Crippen LogP contribution in [0.2, 0.25) is 0 Å². The molecule has 0 bridgehead atoms. The Labute approximate surface area is 276 Å². The quantitative estimate of drug-likeness (QED) is 0.166. The molecule has 0 saturated carbocycles. The highest BCUT2D eigenvalue weighted by molar-refractivity contribution is 7.89. The second-order valence-electron chi connectivity index (χ2n) is 11.8. The first-order chi connectivity index (χ1) is 22.6. The number of sulfonamides is 2. The van der Waals surface area contributed by atoms with Crippen molar-refractivity contribution in [1.82, 2.24) is 14.4 Å². The predicted octanol–water partition coefficient (Wildman–Crippen LogP) is 6.42. The van der Waals surface area contributed by atoms with Crippen molar-refractivity contribution in [2.75, 3.05) is 18.0 Å². The summed E-state index contributed by atoms with van der Waals surface area (Å²) < 4.78 is 67.4. The first-order valence-electron chi connectivity index (χ1n) is 15.6. The van der Waals surface area contributed by atoms with Crippen LogP contribution < -0.4 is 14.3 Å². The van der Waals surface area contributed by atoms with Gasteiger partial charge in [-0.05, 0) is 68.5 Å². The Bertz CT molecular complexity index is 2010. The zero-order valence-corrected chi connectivity index (χ0v) is 28.0. The standard InChI is InChI=1S/C36H38N4O5S2/c1-26-16-20-30(21-17-26)46(41,42)38-32(28-12-6-3-7-13-28)34-36(40-24-10-5-11-25-40)45-35(37-34)33(29-14-8-4-9-15-29)39-47(43,44)31-22-18-27(2)19-23-31/h3-4,6-9,12-23,32-33,38-39H,5,10-11,24-25H2,1-2H3. The molecule has 5 aromatic rings. The SMILES string of the molecule is Cc1ccc(S(=O)(=O)NC(c2ccccc2)c2nc(C(NS(=O)(=O)c3ccc(C)cc3)c3ccccc3)c(N3CCCCC3)o2)cc1. The number of nitrogens with zero attached hydrogens (tertiary/aromatic N) is 2. The Kier molecular flexibility index (Phi) is 9.60. The van der Waals surface area contributed by atoms with Gasteiger partial charge in [-0.25, -0.2) is 21.8 Å². The molecule has 11 heteroatoms. The van der Waals surface area contributed by atoms with E-state index in [1.54, 1.807) is 48.5 Å². The summed E-state index contributed by atoms with van der Waals surface area (Å²) in [5.41, 5.74) is 3.53. The average molecular weight is 671 g/mol. The number of aromatic nitrogens is 1. The fraction of sp³-hybridized carbons (Fsp3) is 0.250. The Morgan fingerprint density at radius 2 is 1.06 bits per heavy atom. The highest BCUT2D eigenvalue weighted by Crippen LogP contribution is 2.37. The smallest absolute Gasteiger partial charge is 0.241 e. The Morgan fingerprint density at radius 1 is 0.617 bits per heavy atom. The number of rotatable bonds is 11. The van der Waals surface area contributed by atoms with Crippen LogP contribution in [-0.4, -0.2) is 34.9 Å². The lowest BCUT2D eigenvalue weighted by molar-refractivity contribution is 0.438. The number of piperidine rings is 1. The van der Waals surface area contributed by atoms with Crippen molar-refractivity contribution < 1.29 is 21.3 Å². The molecule has 2 heterocycles. The first-order valence-corrected chi connectivity index (χ1v) is 18.6. The number of benzene rings is 4. The molecule has 1 fully saturated rings. The van der Waals surface area contributed by atoms with Crippen molar-refractivity contribution in [1.29, 1.82) is 0 Å². The molecule has 9 nitrogen and oxygen atoms in total. The van der Waals surface area contributed by atoms with Crippen LogP contribution in [0.15, 0.2) is 123 Å². The number of hydrogen-bond acceptors (Lipinski definition) is 7. The summed E-state index contributed by atoms with van der Waals surface area (Å²) in [5, 5.41) is 0. The maximum atomic E-state index is 13.8. The van der Waals surface area contributed by atoms with Crippen LogP contribution in [0, 0.1) is 13.8 Å². The second kappa shape index (κ2) is 13.8. The summed E-state index contributed by atoms with van der Waals surface area (Å²) in [7, 11) is -8.03. The fourth-order valence-electron chi connectivity index (χ4n) is 5.69. The largest absolute Gasteiger partial charge is 0.423 e. The molecular formula is C36H38N4O5S2. The van der Waals surface area contributed by atoms with Crippen LogP contribution in [0.3, 0.4) is 0 Å². The van der Waals surface area contributed by atoms with Gasteiger partial charge in [0.1, 0.15) is 11.7 Å². The maximum absolute atomic E-state index is 13.8. The Balaban J connectivity index is 1.49. The summed E-state index contributed by atoms with van der Waals surface area (Å²) >= 11 is 0. The molecule has 1 saturated heterocycles. The minimum absolute atomic E-state index is 0.109. The van der Waals surface area contributed by atoms with E-state index >= 15 is 0 Å². The molecule has 0 spiro atoms. The molecule has 47 heavy (non-hydrogen) atoms. The molecule has 0 amide bonds. The van der Waals surface area contributed by atoms with Crippen LogP contribution in [0.5, 0.6) is 0 Å². The number of oxazole rings is 1. The van der Waals surface area contributed by atoms with Gasteiger partial charge >= 0.3 is 0 Å². The fourth-order valence-corrected chi connectivity index (χ4v) is 8.06. The maximum Gasteiger partial charge on any atom is 0.241 e. The predicted molar refractivity (Wildman–Crippen MR) is 182 cm³/mol. The summed E-state index contributed by atoms with van der Waals surface area (Å²) in [5.74, 6) is 0.522. The van der Waals surface area contributed by atoms with Crippen molar-refractivity contribution in [2.45, 2.75) is 55.0 Å². The van der Waals surface area contributed by atoms with E-state index in [1.807, 2.05) is 74.5 Å². The molecule has 2 atom stereocenters. The highest BCUT2D eigenvalue weighted by atomic mass is 32.2. The number of nitrogens with one attached hydrogen (secondary N) is 2. The zero-order valence-electron chi connectivity index (χ0n) is 26.3. The van der Waals surface area contributed by atoms with Crippen molar-refractivity contribution in [3.8, 4) is 0 Å². The monoisotopic (exact) mass is 670 g/mol. The third-order valence-corrected chi connectivity index (χ3v) is 11.2. The van der Waals surface area contributed by atoms with E-state index in [0.29, 0.717) is 35.8 Å². The highest BCUT2D eigenvalue weighted by Gasteiger charge is 2.35. The minimum Gasteiger partial charge on any atom is -0.423 e. The van der Waals surface area contributed by atoms with Gasteiger partial charge in [0.2, 0.25) is 31.8 Å². The van der Waals surface area contributed by atoms with E-state index in [0.717, 1.165) is 30.4 Å². The summed E-state index contributed by atoms with van der Waals surface area (Å²) in [6, 6.07) is 29.7. The van der Waals surface area contributed by atoms with Crippen LogP contribution in [0.1, 0.15) is 65.2 Å². The molecule has 1 aromatic heterocycles. The van der Waals surface area contributed by atoms with E-state index in [9.17, 15) is 16.8 Å². The van der Waals surface area contributed by atoms with Crippen molar-refractivity contribution in [3.63, 3.8) is 0 Å². The molecule has 2 unspecified atom stereocenters. The van der Waals surface area contributed by atoms with Crippen molar-refractivity contribution in [2.24, 2.45) is 0 Å². The third kappa shape index (κ3) is 7.49. The van der Waals surface area contributed by atoms with E-state index in [4.69, 9.17) is 9.40 Å². The average Bonchev–Trinajstić information content (AvgIpc) is 3.53. The topological polar surface area (TPSA) is 122 Å². The molecule has 0 radical (unpaired) electrons. The molecule has 1 aliphatic rings. The summed E-state index contributed by atoms with van der Waals surface area (Å²) in [4.78, 5) is 7.27. The molecule has 2 N–H and O–H groups in total.